The summed E-state index contributed by atoms with van der Waals surface area (Å²) in [4.78, 5) is 2.58. The van der Waals surface area contributed by atoms with Crippen molar-refractivity contribution in [2.75, 3.05) is 32.8 Å². The lowest BCUT2D eigenvalue weighted by molar-refractivity contribution is 0.154. The van der Waals surface area contributed by atoms with Gasteiger partial charge in [0.25, 0.3) is 0 Å². The minimum absolute atomic E-state index is 0.669. The second kappa shape index (κ2) is 8.68. The Balaban J connectivity index is 2.10. The van der Waals surface area contributed by atoms with Crippen LogP contribution in [0.25, 0.3) is 0 Å². The first kappa shape index (κ1) is 15.7. The fourth-order valence-electron chi connectivity index (χ4n) is 2.42. The summed E-state index contributed by atoms with van der Waals surface area (Å²) < 4.78 is 5.50. The highest BCUT2D eigenvalue weighted by molar-refractivity contribution is 4.87. The third-order valence-electron chi connectivity index (χ3n) is 3.52. The molecule has 106 valence electrons. The number of nitrogens with zero attached hydrogens (tertiary/aromatic N) is 1. The average Bonchev–Trinajstić information content (AvgIpc) is 2.53. The van der Waals surface area contributed by atoms with E-state index in [9.17, 15) is 0 Å². The Hall–Kier alpha value is -0.380. The molecular weight excluding hydrogens is 224 g/mol. The third-order valence-corrected chi connectivity index (χ3v) is 3.52. The monoisotopic (exact) mass is 254 g/mol. The minimum Gasteiger partial charge on any atom is -0.376 e. The van der Waals surface area contributed by atoms with Crippen molar-refractivity contribution in [2.24, 2.45) is 0 Å². The highest BCUT2D eigenvalue weighted by Crippen LogP contribution is 2.13. The zero-order valence-electron chi connectivity index (χ0n) is 12.4. The maximum Gasteiger partial charge on any atom is 0.0672 e. The number of hydrogen-bond donors (Lipinski definition) is 1. The van der Waals surface area contributed by atoms with E-state index in [0.717, 1.165) is 18.7 Å². The van der Waals surface area contributed by atoms with Gasteiger partial charge in [-0.3, -0.25) is 0 Å². The van der Waals surface area contributed by atoms with E-state index in [1.807, 2.05) is 6.92 Å². The quantitative estimate of drug-likeness (QED) is 0.558. The van der Waals surface area contributed by atoms with Crippen LogP contribution in [-0.4, -0.2) is 49.8 Å². The SMILES string of the molecule is C=C(C)COCCNC1CCCN(C(C)C)CC1. The van der Waals surface area contributed by atoms with Gasteiger partial charge in [0.05, 0.1) is 13.2 Å². The van der Waals surface area contributed by atoms with Crippen molar-refractivity contribution in [3.05, 3.63) is 12.2 Å². The summed E-state index contributed by atoms with van der Waals surface area (Å²) in [6.07, 6.45) is 3.87. The molecule has 1 atom stereocenters. The van der Waals surface area contributed by atoms with Crippen LogP contribution in [0.2, 0.25) is 0 Å². The topological polar surface area (TPSA) is 24.5 Å². The van der Waals surface area contributed by atoms with Crippen molar-refractivity contribution in [1.29, 1.82) is 0 Å². The number of hydrogen-bond acceptors (Lipinski definition) is 3. The van der Waals surface area contributed by atoms with E-state index in [2.05, 4.69) is 30.6 Å². The lowest BCUT2D eigenvalue weighted by Crippen LogP contribution is -2.35. The first-order valence-electron chi connectivity index (χ1n) is 7.29. The van der Waals surface area contributed by atoms with Gasteiger partial charge in [-0.1, -0.05) is 12.2 Å². The largest absolute Gasteiger partial charge is 0.376 e. The van der Waals surface area contributed by atoms with Gasteiger partial charge in [0.15, 0.2) is 0 Å². The number of ether oxygens (including phenoxy) is 1. The molecule has 0 aliphatic carbocycles. The maximum absolute atomic E-state index is 5.50. The molecule has 1 unspecified atom stereocenters. The first-order chi connectivity index (χ1) is 8.59. The second-order valence-electron chi connectivity index (χ2n) is 5.72. The van der Waals surface area contributed by atoms with Crippen molar-refractivity contribution >= 4 is 0 Å². The Morgan fingerprint density at radius 2 is 2.17 bits per heavy atom. The number of likely N-dealkylation sites (tertiary alicyclic amines) is 1. The standard InChI is InChI=1S/C15H30N2O/c1-13(2)12-18-11-8-16-15-6-5-9-17(10-7-15)14(3)4/h14-16H,1,5-12H2,2-4H3. The maximum atomic E-state index is 5.50. The van der Waals surface area contributed by atoms with Crippen molar-refractivity contribution < 1.29 is 4.74 Å². The predicted octanol–water partition coefficient (Wildman–Crippen LogP) is 2.43. The van der Waals surface area contributed by atoms with Crippen molar-refractivity contribution in [2.45, 2.75) is 52.1 Å². The summed E-state index contributed by atoms with van der Waals surface area (Å²) in [5, 5.41) is 3.61. The van der Waals surface area contributed by atoms with Gasteiger partial charge in [0.2, 0.25) is 0 Å². The molecular formula is C15H30N2O. The van der Waals surface area contributed by atoms with Gasteiger partial charge in [-0.15, -0.1) is 0 Å². The lowest BCUT2D eigenvalue weighted by Gasteiger charge is -2.24. The van der Waals surface area contributed by atoms with Crippen LogP contribution in [-0.2, 0) is 4.74 Å². The van der Waals surface area contributed by atoms with Gasteiger partial charge in [0.1, 0.15) is 0 Å². The minimum atomic E-state index is 0.669. The number of nitrogens with one attached hydrogen (secondary N) is 1. The molecule has 18 heavy (non-hydrogen) atoms. The summed E-state index contributed by atoms with van der Waals surface area (Å²) in [6, 6.07) is 1.35. The zero-order chi connectivity index (χ0) is 13.4. The third kappa shape index (κ3) is 6.53. The zero-order valence-corrected chi connectivity index (χ0v) is 12.4. The molecule has 0 spiro atoms. The Morgan fingerprint density at radius 1 is 1.39 bits per heavy atom. The Morgan fingerprint density at radius 3 is 2.83 bits per heavy atom. The normalized spacial score (nSPS) is 22.1. The van der Waals surface area contributed by atoms with E-state index in [0.29, 0.717) is 18.7 Å². The van der Waals surface area contributed by atoms with Crippen LogP contribution < -0.4 is 5.32 Å². The van der Waals surface area contributed by atoms with Crippen molar-refractivity contribution in [3.63, 3.8) is 0 Å². The van der Waals surface area contributed by atoms with Crippen molar-refractivity contribution in [3.8, 4) is 0 Å². The van der Waals surface area contributed by atoms with Crippen LogP contribution in [0.15, 0.2) is 12.2 Å². The molecule has 0 aromatic carbocycles. The summed E-state index contributed by atoms with van der Waals surface area (Å²) in [5.74, 6) is 0. The highest BCUT2D eigenvalue weighted by Gasteiger charge is 2.17. The van der Waals surface area contributed by atoms with Gasteiger partial charge in [-0.05, 0) is 53.1 Å². The van der Waals surface area contributed by atoms with Gasteiger partial charge in [0, 0.05) is 18.6 Å². The summed E-state index contributed by atoms with van der Waals surface area (Å²) in [6.45, 7) is 15.3. The van der Waals surface area contributed by atoms with E-state index in [4.69, 9.17) is 4.74 Å². The lowest BCUT2D eigenvalue weighted by atomic mass is 10.1. The van der Waals surface area contributed by atoms with E-state index in [1.165, 1.54) is 32.4 Å². The molecule has 0 bridgehead atoms. The van der Waals surface area contributed by atoms with Crippen LogP contribution in [0.3, 0.4) is 0 Å². The molecule has 1 aliphatic rings. The average molecular weight is 254 g/mol. The molecule has 0 radical (unpaired) electrons. The van der Waals surface area contributed by atoms with Gasteiger partial charge in [-0.25, -0.2) is 0 Å². The van der Waals surface area contributed by atoms with Crippen LogP contribution in [0, 0.1) is 0 Å². The van der Waals surface area contributed by atoms with Crippen LogP contribution in [0.4, 0.5) is 0 Å². The summed E-state index contributed by atoms with van der Waals surface area (Å²) in [5.41, 5.74) is 1.09. The summed E-state index contributed by atoms with van der Waals surface area (Å²) >= 11 is 0. The molecule has 3 nitrogen and oxygen atoms in total. The molecule has 1 N–H and O–H groups in total. The second-order valence-corrected chi connectivity index (χ2v) is 5.72. The van der Waals surface area contributed by atoms with E-state index in [1.54, 1.807) is 0 Å². The summed E-state index contributed by atoms with van der Waals surface area (Å²) in [7, 11) is 0. The molecule has 1 heterocycles. The van der Waals surface area contributed by atoms with Gasteiger partial charge < -0.3 is 15.0 Å². The Bertz CT molecular complexity index is 241. The molecule has 1 rings (SSSR count). The molecule has 0 saturated carbocycles. The van der Waals surface area contributed by atoms with E-state index in [-0.39, 0.29) is 0 Å². The Labute approximate surface area is 113 Å². The predicted molar refractivity (Wildman–Crippen MR) is 78.0 cm³/mol. The molecule has 1 aliphatic heterocycles. The van der Waals surface area contributed by atoms with Gasteiger partial charge in [-0.2, -0.15) is 0 Å². The molecule has 0 aromatic rings. The number of rotatable bonds is 7. The highest BCUT2D eigenvalue weighted by atomic mass is 16.5. The first-order valence-corrected chi connectivity index (χ1v) is 7.29. The molecule has 3 heteroatoms. The molecule has 0 aromatic heterocycles. The van der Waals surface area contributed by atoms with Crippen molar-refractivity contribution in [1.82, 2.24) is 10.2 Å². The molecule has 0 amide bonds. The van der Waals surface area contributed by atoms with E-state index >= 15 is 0 Å². The fourth-order valence-corrected chi connectivity index (χ4v) is 2.42. The molecule has 1 saturated heterocycles. The smallest absolute Gasteiger partial charge is 0.0672 e. The van der Waals surface area contributed by atoms with Gasteiger partial charge >= 0.3 is 0 Å². The van der Waals surface area contributed by atoms with Crippen LogP contribution in [0.5, 0.6) is 0 Å². The van der Waals surface area contributed by atoms with Crippen LogP contribution in [0.1, 0.15) is 40.0 Å². The van der Waals surface area contributed by atoms with Crippen LogP contribution >= 0.6 is 0 Å². The Kier molecular flexibility index (Phi) is 7.56. The van der Waals surface area contributed by atoms with E-state index < -0.39 is 0 Å². The fraction of sp³-hybridized carbons (Fsp3) is 0.867. The molecule has 1 fully saturated rings.